The molecule has 1 aromatic rings. The molecule has 4 nitrogen and oxygen atoms in total. The van der Waals surface area contributed by atoms with E-state index in [0.717, 1.165) is 17.8 Å². The molecule has 0 amide bonds. The molecule has 5 saturated carbocycles. The molecular weight excluding hydrogens is 427 g/mol. The Kier molecular flexibility index (Phi) is 5.37. The van der Waals surface area contributed by atoms with Gasteiger partial charge in [0, 0.05) is 11.5 Å². The summed E-state index contributed by atoms with van der Waals surface area (Å²) in [5.74, 6) is 0.436. The Bertz CT molecular complexity index is 853. The van der Waals surface area contributed by atoms with Gasteiger partial charge in [0.1, 0.15) is 11.6 Å². The highest BCUT2D eigenvalue weighted by atomic mass is 35.5. The average Bonchev–Trinajstić information content (AvgIpc) is 3.17. The van der Waals surface area contributed by atoms with Crippen LogP contribution in [-0.2, 0) is 15.6 Å². The van der Waals surface area contributed by atoms with Gasteiger partial charge in [0.05, 0.1) is 38.5 Å². The highest BCUT2D eigenvalue weighted by Gasteiger charge is 2.51. The third kappa shape index (κ3) is 3.68. The van der Waals surface area contributed by atoms with E-state index >= 15 is 0 Å². The number of benzene rings is 1. The van der Waals surface area contributed by atoms with Gasteiger partial charge in [-0.15, -0.1) is 0 Å². The minimum absolute atomic E-state index is 0.0136. The largest absolute Gasteiger partial charge is 0.491 e. The van der Waals surface area contributed by atoms with E-state index in [1.807, 2.05) is 0 Å². The summed E-state index contributed by atoms with van der Waals surface area (Å²) in [6.45, 7) is 0.557. The molecule has 5 fully saturated rings. The molecule has 0 saturated heterocycles. The summed E-state index contributed by atoms with van der Waals surface area (Å²) in [5, 5.41) is 9.03. The Balaban J connectivity index is 1.31. The van der Waals surface area contributed by atoms with Crippen LogP contribution in [0.1, 0.15) is 57.8 Å². The number of carboxylic acid groups (broad SMARTS) is 1. The number of carboxylic acids is 1. The molecule has 0 aromatic heterocycles. The second-order valence-corrected chi connectivity index (χ2v) is 12.2. The van der Waals surface area contributed by atoms with Crippen LogP contribution >= 0.6 is 11.6 Å². The van der Waals surface area contributed by atoms with E-state index in [-0.39, 0.29) is 15.3 Å². The van der Waals surface area contributed by atoms with Crippen molar-refractivity contribution in [2.45, 2.75) is 67.9 Å². The van der Waals surface area contributed by atoms with Gasteiger partial charge in [-0.05, 0) is 75.2 Å². The first kappa shape index (κ1) is 20.7. The van der Waals surface area contributed by atoms with Gasteiger partial charge in [-0.25, -0.2) is 4.39 Å². The number of aliphatic carboxylic acids is 1. The summed E-state index contributed by atoms with van der Waals surface area (Å²) in [6.07, 6.45) is 9.33. The minimum Gasteiger partial charge on any atom is -0.491 e. The van der Waals surface area contributed by atoms with Crippen molar-refractivity contribution in [2.24, 2.45) is 29.1 Å². The predicted octanol–water partition coefficient (Wildman–Crippen LogP) is 5.44. The fourth-order valence-corrected chi connectivity index (χ4v) is 9.13. The molecule has 4 bridgehead atoms. The molecule has 0 spiro atoms. The highest BCUT2D eigenvalue weighted by Crippen LogP contribution is 2.60. The first-order valence-corrected chi connectivity index (χ1v) is 12.7. The van der Waals surface area contributed by atoms with Crippen LogP contribution in [0.5, 0.6) is 5.75 Å². The molecule has 6 rings (SSSR count). The minimum atomic E-state index is -1.75. The van der Waals surface area contributed by atoms with Gasteiger partial charge in [-0.1, -0.05) is 18.0 Å². The number of ether oxygens (including phenoxy) is 1. The van der Waals surface area contributed by atoms with Crippen molar-refractivity contribution in [3.05, 3.63) is 23.0 Å². The molecular formula is C23H28ClFO4S. The van der Waals surface area contributed by atoms with E-state index in [0.29, 0.717) is 31.6 Å². The lowest BCUT2D eigenvalue weighted by atomic mass is 9.50. The SMILES string of the molecule is O=C(O)[C@@H]1CCC[C@H]1[S@@](=O)c1cc(Cl)c(OCC23CC4CC(CC(C4)C2)C3)cc1F. The molecule has 1 N–H and O–H groups in total. The zero-order valence-corrected chi connectivity index (χ0v) is 18.5. The number of halogens is 2. The molecule has 30 heavy (non-hydrogen) atoms. The Morgan fingerprint density at radius 2 is 1.80 bits per heavy atom. The molecule has 0 aliphatic heterocycles. The molecule has 7 heteroatoms. The Hall–Kier alpha value is -1.14. The first-order chi connectivity index (χ1) is 14.3. The van der Waals surface area contributed by atoms with Gasteiger partial charge < -0.3 is 9.84 Å². The standard InChI is InChI=1S/C23H28ClFO4S/c24-17-7-21(30(28)20-3-1-2-16(20)22(26)27)18(25)8-19(17)29-12-23-9-13-4-14(10-23)6-15(5-13)11-23/h7-8,13-16,20H,1-6,9-12H2,(H,26,27)/t13?,14?,15?,16-,20-,23?,30-/m1/s1. The fraction of sp³-hybridized carbons (Fsp3) is 0.696. The summed E-state index contributed by atoms with van der Waals surface area (Å²) in [4.78, 5) is 11.4. The van der Waals surface area contributed by atoms with Crippen molar-refractivity contribution >= 4 is 28.4 Å². The van der Waals surface area contributed by atoms with Gasteiger partial charge in [0.2, 0.25) is 0 Å². The molecule has 1 aromatic carbocycles. The van der Waals surface area contributed by atoms with Crippen LogP contribution in [0.15, 0.2) is 17.0 Å². The molecule has 0 unspecified atom stereocenters. The molecule has 5 aliphatic rings. The van der Waals surface area contributed by atoms with Crippen LogP contribution in [0.3, 0.4) is 0 Å². The van der Waals surface area contributed by atoms with Crippen LogP contribution < -0.4 is 4.74 Å². The number of rotatable bonds is 6. The maximum Gasteiger partial charge on any atom is 0.307 e. The van der Waals surface area contributed by atoms with E-state index in [2.05, 4.69) is 0 Å². The zero-order valence-electron chi connectivity index (χ0n) is 16.9. The van der Waals surface area contributed by atoms with Gasteiger partial charge in [-0.3, -0.25) is 9.00 Å². The Morgan fingerprint density at radius 3 is 2.40 bits per heavy atom. The summed E-state index contributed by atoms with van der Waals surface area (Å²) >= 11 is 6.40. The van der Waals surface area contributed by atoms with Gasteiger partial charge >= 0.3 is 5.97 Å². The molecule has 164 valence electrons. The van der Waals surface area contributed by atoms with E-state index in [4.69, 9.17) is 16.3 Å². The van der Waals surface area contributed by atoms with Crippen LogP contribution in [0, 0.1) is 34.9 Å². The third-order valence-electron chi connectivity index (χ3n) is 7.95. The van der Waals surface area contributed by atoms with Gasteiger partial charge in [-0.2, -0.15) is 0 Å². The van der Waals surface area contributed by atoms with Crippen LogP contribution in [0.25, 0.3) is 0 Å². The fourth-order valence-electron chi connectivity index (χ4n) is 7.10. The van der Waals surface area contributed by atoms with Crippen LogP contribution in [0.2, 0.25) is 5.02 Å². The molecule has 5 aliphatic carbocycles. The zero-order chi connectivity index (χ0) is 21.0. The summed E-state index contributed by atoms with van der Waals surface area (Å²) in [6, 6.07) is 2.61. The number of hydrogen-bond donors (Lipinski definition) is 1. The first-order valence-electron chi connectivity index (χ1n) is 11.1. The normalized spacial score (nSPS) is 38.0. The summed E-state index contributed by atoms with van der Waals surface area (Å²) in [5.41, 5.74) is 0.189. The Morgan fingerprint density at radius 1 is 1.17 bits per heavy atom. The Labute approximate surface area is 184 Å². The second-order valence-electron chi connectivity index (χ2n) is 10.1. The van der Waals surface area contributed by atoms with Crippen molar-refractivity contribution in [3.8, 4) is 5.75 Å². The predicted molar refractivity (Wildman–Crippen MR) is 113 cm³/mol. The van der Waals surface area contributed by atoms with E-state index in [1.165, 1.54) is 50.7 Å². The lowest BCUT2D eigenvalue weighted by Crippen LogP contribution is -2.48. The van der Waals surface area contributed by atoms with Crippen molar-refractivity contribution in [1.82, 2.24) is 0 Å². The van der Waals surface area contributed by atoms with Crippen molar-refractivity contribution in [3.63, 3.8) is 0 Å². The van der Waals surface area contributed by atoms with Crippen LogP contribution in [-0.4, -0.2) is 27.1 Å². The van der Waals surface area contributed by atoms with Crippen molar-refractivity contribution < 1.29 is 23.2 Å². The van der Waals surface area contributed by atoms with E-state index < -0.39 is 33.8 Å². The molecule has 3 atom stereocenters. The van der Waals surface area contributed by atoms with Gasteiger partial charge in [0.25, 0.3) is 0 Å². The monoisotopic (exact) mass is 454 g/mol. The average molecular weight is 455 g/mol. The van der Waals surface area contributed by atoms with Crippen molar-refractivity contribution in [1.29, 1.82) is 0 Å². The lowest BCUT2D eigenvalue weighted by molar-refractivity contribution is -0.141. The lowest BCUT2D eigenvalue weighted by Gasteiger charge is -2.56. The van der Waals surface area contributed by atoms with Crippen LogP contribution in [0.4, 0.5) is 4.39 Å². The van der Waals surface area contributed by atoms with Gasteiger partial charge in [0.15, 0.2) is 0 Å². The van der Waals surface area contributed by atoms with Crippen molar-refractivity contribution in [2.75, 3.05) is 6.61 Å². The maximum atomic E-state index is 14.9. The third-order valence-corrected chi connectivity index (χ3v) is 10.1. The van der Waals surface area contributed by atoms with E-state index in [1.54, 1.807) is 0 Å². The number of hydrogen-bond acceptors (Lipinski definition) is 3. The molecule has 0 radical (unpaired) electrons. The smallest absolute Gasteiger partial charge is 0.307 e. The quantitative estimate of drug-likeness (QED) is 0.622. The second kappa shape index (κ2) is 7.77. The molecule has 0 heterocycles. The summed E-state index contributed by atoms with van der Waals surface area (Å²) in [7, 11) is -1.75. The maximum absolute atomic E-state index is 14.9. The summed E-state index contributed by atoms with van der Waals surface area (Å²) < 4.78 is 33.9. The van der Waals surface area contributed by atoms with E-state index in [9.17, 15) is 18.5 Å². The number of carbonyl (C=O) groups is 1. The topological polar surface area (TPSA) is 63.6 Å². The highest BCUT2D eigenvalue weighted by molar-refractivity contribution is 7.85.